The van der Waals surface area contributed by atoms with E-state index < -0.39 is 11.9 Å². The lowest BCUT2D eigenvalue weighted by Crippen LogP contribution is -2.19. The first-order valence-electron chi connectivity index (χ1n) is 9.25. The van der Waals surface area contributed by atoms with Crippen LogP contribution in [0.4, 0.5) is 5.69 Å². The molecule has 0 radical (unpaired) electrons. The molecule has 150 valence electrons. The second-order valence-electron chi connectivity index (χ2n) is 6.95. The zero-order valence-electron chi connectivity index (χ0n) is 15.8. The Labute approximate surface area is 172 Å². The van der Waals surface area contributed by atoms with E-state index in [1.807, 2.05) is 30.3 Å². The molecule has 3 aromatic rings. The molecule has 1 heterocycles. The third kappa shape index (κ3) is 3.73. The Morgan fingerprint density at radius 2 is 1.47 bits per heavy atom. The van der Waals surface area contributed by atoms with E-state index in [2.05, 4.69) is 0 Å². The molecule has 0 aromatic heterocycles. The predicted octanol–water partition coefficient (Wildman–Crippen LogP) is 4.14. The first-order valence-corrected chi connectivity index (χ1v) is 9.25. The van der Waals surface area contributed by atoms with Crippen LogP contribution in [0.2, 0.25) is 0 Å². The summed E-state index contributed by atoms with van der Waals surface area (Å²) in [6.45, 7) is 0. The summed E-state index contributed by atoms with van der Waals surface area (Å²) < 4.78 is 0. The van der Waals surface area contributed by atoms with E-state index in [1.54, 1.807) is 29.3 Å². The van der Waals surface area contributed by atoms with Gasteiger partial charge in [-0.15, -0.1) is 0 Å². The summed E-state index contributed by atoms with van der Waals surface area (Å²) in [6, 6.07) is 20.0. The third-order valence-electron chi connectivity index (χ3n) is 4.97. The van der Waals surface area contributed by atoms with Crippen molar-refractivity contribution < 1.29 is 24.9 Å². The number of nitrogens with zero attached hydrogens (tertiary/aromatic N) is 2. The minimum absolute atomic E-state index is 0.127. The maximum Gasteiger partial charge on any atom is 0.335 e. The average Bonchev–Trinajstić information content (AvgIpc) is 3.20. The van der Waals surface area contributed by atoms with Crippen molar-refractivity contribution >= 4 is 23.3 Å². The number of hydrazone groups is 1. The molecule has 1 atom stereocenters. The van der Waals surface area contributed by atoms with Crippen LogP contribution in [0.1, 0.15) is 44.3 Å². The third-order valence-corrected chi connectivity index (χ3v) is 4.97. The molecule has 0 saturated carbocycles. The van der Waals surface area contributed by atoms with Gasteiger partial charge >= 0.3 is 11.9 Å². The van der Waals surface area contributed by atoms with Crippen LogP contribution >= 0.6 is 0 Å². The van der Waals surface area contributed by atoms with E-state index in [1.165, 1.54) is 12.1 Å². The van der Waals surface area contributed by atoms with Gasteiger partial charge in [0, 0.05) is 6.42 Å². The molecule has 0 unspecified atom stereocenters. The molecule has 30 heavy (non-hydrogen) atoms. The highest BCUT2D eigenvalue weighted by Gasteiger charge is 2.31. The second kappa shape index (κ2) is 7.71. The number of carboxylic acid groups (broad SMARTS) is 2. The van der Waals surface area contributed by atoms with Gasteiger partial charge in [-0.2, -0.15) is 5.10 Å². The van der Waals surface area contributed by atoms with Gasteiger partial charge in [-0.25, -0.2) is 9.59 Å². The minimum atomic E-state index is -1.22. The number of benzene rings is 3. The van der Waals surface area contributed by atoms with Crippen molar-refractivity contribution in [2.75, 3.05) is 5.01 Å². The molecule has 0 fully saturated rings. The fourth-order valence-electron chi connectivity index (χ4n) is 3.50. The highest BCUT2D eigenvalue weighted by molar-refractivity contribution is 6.03. The molecule has 7 heteroatoms. The lowest BCUT2D eigenvalue weighted by Gasteiger charge is -2.24. The molecular formula is C23H18N2O5. The number of phenols is 1. The molecule has 0 saturated heterocycles. The summed E-state index contributed by atoms with van der Waals surface area (Å²) >= 11 is 0. The SMILES string of the molecule is O=C(O)c1cc(C(=O)O)cc(N2N=C(c3ccccc3)C[C@@H]2c2ccc(O)cc2)c1. The number of carbonyl (C=O) groups is 2. The van der Waals surface area contributed by atoms with E-state index in [-0.39, 0.29) is 22.9 Å². The Balaban J connectivity index is 1.84. The van der Waals surface area contributed by atoms with Crippen LogP contribution < -0.4 is 5.01 Å². The van der Waals surface area contributed by atoms with E-state index in [4.69, 9.17) is 5.10 Å². The number of carboxylic acids is 2. The quantitative estimate of drug-likeness (QED) is 0.591. The number of rotatable bonds is 5. The highest BCUT2D eigenvalue weighted by Crippen LogP contribution is 2.38. The lowest BCUT2D eigenvalue weighted by atomic mass is 9.98. The fourth-order valence-corrected chi connectivity index (χ4v) is 3.50. The minimum Gasteiger partial charge on any atom is -0.508 e. The van der Waals surface area contributed by atoms with Gasteiger partial charge in [-0.05, 0) is 41.5 Å². The topological polar surface area (TPSA) is 110 Å². The first-order chi connectivity index (χ1) is 14.4. The molecule has 1 aliphatic rings. The van der Waals surface area contributed by atoms with Gasteiger partial charge in [-0.3, -0.25) is 5.01 Å². The van der Waals surface area contributed by atoms with Crippen molar-refractivity contribution in [2.45, 2.75) is 12.5 Å². The van der Waals surface area contributed by atoms with Gasteiger partial charge in [0.2, 0.25) is 0 Å². The van der Waals surface area contributed by atoms with E-state index in [0.717, 1.165) is 22.9 Å². The molecule has 3 aromatic carbocycles. The van der Waals surface area contributed by atoms with Gasteiger partial charge in [0.25, 0.3) is 0 Å². The lowest BCUT2D eigenvalue weighted by molar-refractivity contribution is 0.0696. The number of anilines is 1. The van der Waals surface area contributed by atoms with Crippen LogP contribution in [-0.4, -0.2) is 33.0 Å². The van der Waals surface area contributed by atoms with E-state index in [9.17, 15) is 24.9 Å². The summed E-state index contributed by atoms with van der Waals surface area (Å²) in [7, 11) is 0. The zero-order chi connectivity index (χ0) is 21.3. The first kappa shape index (κ1) is 19.2. The van der Waals surface area contributed by atoms with Crippen molar-refractivity contribution in [3.8, 4) is 5.75 Å². The van der Waals surface area contributed by atoms with Crippen molar-refractivity contribution in [1.29, 1.82) is 0 Å². The fraction of sp³-hybridized carbons (Fsp3) is 0.0870. The molecule has 4 rings (SSSR count). The Morgan fingerprint density at radius 1 is 0.867 bits per heavy atom. The van der Waals surface area contributed by atoms with Crippen LogP contribution in [0.25, 0.3) is 0 Å². The summed E-state index contributed by atoms with van der Waals surface area (Å²) in [5, 5.41) is 34.8. The molecule has 0 aliphatic carbocycles. The average molecular weight is 402 g/mol. The van der Waals surface area contributed by atoms with Crippen LogP contribution in [-0.2, 0) is 0 Å². The Bertz CT molecular complexity index is 1110. The predicted molar refractivity (Wildman–Crippen MR) is 111 cm³/mol. The molecule has 1 aliphatic heterocycles. The Hall–Kier alpha value is -4.13. The summed E-state index contributed by atoms with van der Waals surface area (Å²) in [5.41, 5.74) is 2.70. The Kier molecular flexibility index (Phi) is 4.93. The number of aromatic hydroxyl groups is 1. The van der Waals surface area contributed by atoms with Gasteiger partial charge in [0.1, 0.15) is 5.75 Å². The Morgan fingerprint density at radius 3 is 2.03 bits per heavy atom. The number of hydrogen-bond donors (Lipinski definition) is 3. The second-order valence-corrected chi connectivity index (χ2v) is 6.95. The molecule has 7 nitrogen and oxygen atoms in total. The summed E-state index contributed by atoms with van der Waals surface area (Å²) in [5.74, 6) is -2.30. The number of aromatic carboxylic acids is 2. The van der Waals surface area contributed by atoms with Crippen molar-refractivity contribution in [2.24, 2.45) is 5.10 Å². The van der Waals surface area contributed by atoms with Gasteiger partial charge in [0.15, 0.2) is 0 Å². The van der Waals surface area contributed by atoms with Gasteiger partial charge in [0.05, 0.1) is 28.6 Å². The largest absolute Gasteiger partial charge is 0.508 e. The highest BCUT2D eigenvalue weighted by atomic mass is 16.4. The van der Waals surface area contributed by atoms with Crippen molar-refractivity contribution in [3.05, 3.63) is 95.1 Å². The normalized spacial score (nSPS) is 15.7. The molecule has 0 spiro atoms. The van der Waals surface area contributed by atoms with Crippen LogP contribution in [0, 0.1) is 0 Å². The standard InChI is InChI=1S/C23H18N2O5/c26-19-8-6-15(7-9-19)21-13-20(14-4-2-1-3-5-14)24-25(21)18-11-16(22(27)28)10-17(12-18)23(29)30/h1-12,21,26H,13H2,(H,27,28)(H,29,30)/t21-/m1/s1. The molecular weight excluding hydrogens is 384 g/mol. The van der Waals surface area contributed by atoms with E-state index in [0.29, 0.717) is 12.1 Å². The van der Waals surface area contributed by atoms with Crippen molar-refractivity contribution in [1.82, 2.24) is 0 Å². The van der Waals surface area contributed by atoms with Gasteiger partial charge < -0.3 is 15.3 Å². The van der Waals surface area contributed by atoms with Gasteiger partial charge in [-0.1, -0.05) is 42.5 Å². The molecule has 0 bridgehead atoms. The molecule has 0 amide bonds. The maximum absolute atomic E-state index is 11.5. The smallest absolute Gasteiger partial charge is 0.335 e. The maximum atomic E-state index is 11.5. The van der Waals surface area contributed by atoms with Crippen molar-refractivity contribution in [3.63, 3.8) is 0 Å². The molecule has 3 N–H and O–H groups in total. The number of hydrogen-bond acceptors (Lipinski definition) is 5. The van der Waals surface area contributed by atoms with Crippen LogP contribution in [0.3, 0.4) is 0 Å². The summed E-state index contributed by atoms with van der Waals surface area (Å²) in [6.07, 6.45) is 0.536. The monoisotopic (exact) mass is 402 g/mol. The van der Waals surface area contributed by atoms with Crippen LogP contribution in [0.15, 0.2) is 77.9 Å². The summed E-state index contributed by atoms with van der Waals surface area (Å²) in [4.78, 5) is 23.1. The van der Waals surface area contributed by atoms with Crippen LogP contribution in [0.5, 0.6) is 5.75 Å². The number of phenolic OH excluding ortho intramolecular Hbond substituents is 1. The van der Waals surface area contributed by atoms with E-state index >= 15 is 0 Å². The zero-order valence-corrected chi connectivity index (χ0v) is 15.8.